The lowest BCUT2D eigenvalue weighted by atomic mass is 10.1. The maximum atomic E-state index is 11.9. The number of aliphatic imine (C=N–C) groups is 1. The lowest BCUT2D eigenvalue weighted by Gasteiger charge is -2.20. The largest absolute Gasteiger partial charge is 0.454 e. The molecular weight excluding hydrogens is 447 g/mol. The van der Waals surface area contributed by atoms with Crippen molar-refractivity contribution in [3.05, 3.63) is 23.8 Å². The SMILES string of the molecule is CCNC(=NCC(=O)NC(C)(C)C)NCCc1ccc2c(c1)OCO2.I. The Morgan fingerprint density at radius 3 is 2.62 bits per heavy atom. The summed E-state index contributed by atoms with van der Waals surface area (Å²) in [4.78, 5) is 16.2. The minimum Gasteiger partial charge on any atom is -0.454 e. The molecule has 1 amide bonds. The van der Waals surface area contributed by atoms with Crippen LogP contribution < -0.4 is 25.4 Å². The standard InChI is InChI=1S/C18H28N4O3.HI/c1-5-19-17(21-11-16(23)22-18(2,3)4)20-9-8-13-6-7-14-15(10-13)25-12-24-14;/h6-7,10H,5,8-9,11-12H2,1-4H3,(H,22,23)(H2,19,20,21);1H. The minimum absolute atomic E-state index is 0. The first-order chi connectivity index (χ1) is 11.9. The topological polar surface area (TPSA) is 84.0 Å². The molecule has 0 fully saturated rings. The number of fused-ring (bicyclic) bond motifs is 1. The predicted molar refractivity (Wildman–Crippen MR) is 114 cm³/mol. The summed E-state index contributed by atoms with van der Waals surface area (Å²) in [5.41, 5.74) is 0.899. The Kier molecular flexibility index (Phi) is 8.97. The minimum atomic E-state index is -0.252. The van der Waals surface area contributed by atoms with Gasteiger partial charge >= 0.3 is 0 Å². The molecule has 8 heteroatoms. The zero-order valence-electron chi connectivity index (χ0n) is 15.8. The van der Waals surface area contributed by atoms with Crippen molar-refractivity contribution in [2.75, 3.05) is 26.4 Å². The summed E-state index contributed by atoms with van der Waals surface area (Å²) in [6.07, 6.45) is 0.815. The van der Waals surface area contributed by atoms with Crippen LogP contribution in [-0.4, -0.2) is 43.8 Å². The van der Waals surface area contributed by atoms with Gasteiger partial charge in [0, 0.05) is 18.6 Å². The number of carbonyl (C=O) groups excluding carboxylic acids is 1. The fourth-order valence-corrected chi connectivity index (χ4v) is 2.37. The van der Waals surface area contributed by atoms with Crippen LogP contribution >= 0.6 is 24.0 Å². The molecule has 1 aliphatic heterocycles. The number of benzene rings is 1. The molecule has 2 rings (SSSR count). The summed E-state index contributed by atoms with van der Waals surface area (Å²) < 4.78 is 10.7. The van der Waals surface area contributed by atoms with Crippen LogP contribution in [0.4, 0.5) is 0 Å². The molecule has 0 atom stereocenters. The highest BCUT2D eigenvalue weighted by Crippen LogP contribution is 2.32. The van der Waals surface area contributed by atoms with E-state index in [1.807, 2.05) is 45.9 Å². The fourth-order valence-electron chi connectivity index (χ4n) is 2.37. The fraction of sp³-hybridized carbons (Fsp3) is 0.556. The van der Waals surface area contributed by atoms with Gasteiger partial charge in [-0.2, -0.15) is 0 Å². The van der Waals surface area contributed by atoms with Crippen LogP contribution in [-0.2, 0) is 11.2 Å². The number of nitrogens with zero attached hydrogens (tertiary/aromatic N) is 1. The van der Waals surface area contributed by atoms with E-state index in [0.717, 1.165) is 30.0 Å². The number of ether oxygens (including phenoxy) is 2. The van der Waals surface area contributed by atoms with Gasteiger partial charge in [0.1, 0.15) is 6.54 Å². The Hall–Kier alpha value is -1.71. The van der Waals surface area contributed by atoms with Crippen LogP contribution in [0.5, 0.6) is 11.5 Å². The summed E-state index contributed by atoms with van der Waals surface area (Å²) in [6, 6.07) is 5.94. The highest BCUT2D eigenvalue weighted by molar-refractivity contribution is 14.0. The summed E-state index contributed by atoms with van der Waals surface area (Å²) >= 11 is 0. The van der Waals surface area contributed by atoms with E-state index in [1.165, 1.54) is 0 Å². The molecule has 0 unspecified atom stereocenters. The summed E-state index contributed by atoms with van der Waals surface area (Å²) in [7, 11) is 0. The highest BCUT2D eigenvalue weighted by atomic mass is 127. The average molecular weight is 476 g/mol. The smallest absolute Gasteiger partial charge is 0.242 e. The second-order valence-corrected chi connectivity index (χ2v) is 6.86. The van der Waals surface area contributed by atoms with Gasteiger partial charge in [-0.25, -0.2) is 4.99 Å². The van der Waals surface area contributed by atoms with Gasteiger partial charge < -0.3 is 25.4 Å². The van der Waals surface area contributed by atoms with Gasteiger partial charge in [0.2, 0.25) is 12.7 Å². The molecule has 1 aromatic rings. The number of rotatable bonds is 6. The molecule has 0 saturated carbocycles. The number of carbonyl (C=O) groups is 1. The molecule has 0 radical (unpaired) electrons. The third-order valence-electron chi connectivity index (χ3n) is 3.38. The number of hydrogen-bond acceptors (Lipinski definition) is 4. The van der Waals surface area contributed by atoms with Crippen molar-refractivity contribution in [3.8, 4) is 11.5 Å². The maximum absolute atomic E-state index is 11.9. The van der Waals surface area contributed by atoms with Crippen LogP contribution in [0.2, 0.25) is 0 Å². The van der Waals surface area contributed by atoms with Gasteiger partial charge in [-0.15, -0.1) is 24.0 Å². The van der Waals surface area contributed by atoms with E-state index in [1.54, 1.807) is 0 Å². The van der Waals surface area contributed by atoms with Gasteiger partial charge in [-0.05, 0) is 51.8 Å². The van der Waals surface area contributed by atoms with E-state index in [0.29, 0.717) is 12.5 Å². The zero-order valence-corrected chi connectivity index (χ0v) is 18.2. The normalized spacial score (nSPS) is 13.0. The lowest BCUT2D eigenvalue weighted by Crippen LogP contribution is -2.43. The second kappa shape index (κ2) is 10.4. The Balaban J connectivity index is 0.00000338. The number of nitrogens with one attached hydrogen (secondary N) is 3. The molecule has 3 N–H and O–H groups in total. The van der Waals surface area contributed by atoms with Crippen LogP contribution in [0.15, 0.2) is 23.2 Å². The van der Waals surface area contributed by atoms with Crippen molar-refractivity contribution in [2.24, 2.45) is 4.99 Å². The second-order valence-electron chi connectivity index (χ2n) is 6.86. The average Bonchev–Trinajstić information content (AvgIpc) is 2.98. The monoisotopic (exact) mass is 476 g/mol. The molecule has 0 bridgehead atoms. The molecule has 1 aromatic carbocycles. The van der Waals surface area contributed by atoms with Gasteiger partial charge in [0.15, 0.2) is 17.5 Å². The van der Waals surface area contributed by atoms with Crippen molar-refractivity contribution in [3.63, 3.8) is 0 Å². The first kappa shape index (κ1) is 22.3. The lowest BCUT2D eigenvalue weighted by molar-refractivity contribution is -0.121. The van der Waals surface area contributed by atoms with Crippen LogP contribution in [0.1, 0.15) is 33.3 Å². The van der Waals surface area contributed by atoms with Gasteiger partial charge in [0.25, 0.3) is 0 Å². The number of halogens is 1. The van der Waals surface area contributed by atoms with Crippen molar-refractivity contribution in [2.45, 2.75) is 39.7 Å². The zero-order chi connectivity index (χ0) is 18.3. The Morgan fingerprint density at radius 2 is 1.92 bits per heavy atom. The number of hydrogen-bond donors (Lipinski definition) is 3. The maximum Gasteiger partial charge on any atom is 0.242 e. The summed E-state index contributed by atoms with van der Waals surface area (Å²) in [6.45, 7) is 9.64. The third-order valence-corrected chi connectivity index (χ3v) is 3.38. The van der Waals surface area contributed by atoms with Crippen molar-refractivity contribution in [1.29, 1.82) is 0 Å². The summed E-state index contributed by atoms with van der Waals surface area (Å²) in [5.74, 6) is 2.11. The van der Waals surface area contributed by atoms with Crippen LogP contribution in [0, 0.1) is 0 Å². The van der Waals surface area contributed by atoms with E-state index >= 15 is 0 Å². The molecule has 0 aromatic heterocycles. The van der Waals surface area contributed by atoms with Gasteiger partial charge in [0.05, 0.1) is 0 Å². The van der Waals surface area contributed by atoms with Crippen LogP contribution in [0.25, 0.3) is 0 Å². The number of guanidine groups is 1. The van der Waals surface area contributed by atoms with Crippen molar-refractivity contribution in [1.82, 2.24) is 16.0 Å². The highest BCUT2D eigenvalue weighted by Gasteiger charge is 2.14. The Labute approximate surface area is 172 Å². The molecule has 0 saturated heterocycles. The first-order valence-corrected chi connectivity index (χ1v) is 8.59. The Morgan fingerprint density at radius 1 is 1.19 bits per heavy atom. The molecule has 0 spiro atoms. The quantitative estimate of drug-likeness (QED) is 0.333. The van der Waals surface area contributed by atoms with E-state index < -0.39 is 0 Å². The molecule has 146 valence electrons. The molecule has 7 nitrogen and oxygen atoms in total. The Bertz CT molecular complexity index is 629. The molecule has 1 heterocycles. The van der Waals surface area contributed by atoms with Crippen molar-refractivity contribution < 1.29 is 14.3 Å². The van der Waals surface area contributed by atoms with Crippen LogP contribution in [0.3, 0.4) is 0 Å². The predicted octanol–water partition coefficient (Wildman–Crippen LogP) is 2.05. The van der Waals surface area contributed by atoms with E-state index in [4.69, 9.17) is 9.47 Å². The molecule has 1 aliphatic rings. The number of amides is 1. The molecular formula is C18H29IN4O3. The molecule has 26 heavy (non-hydrogen) atoms. The third kappa shape index (κ3) is 7.67. The van der Waals surface area contributed by atoms with E-state index in [2.05, 4.69) is 20.9 Å². The van der Waals surface area contributed by atoms with E-state index in [-0.39, 0.29) is 48.8 Å². The molecule has 0 aliphatic carbocycles. The summed E-state index contributed by atoms with van der Waals surface area (Å²) in [5, 5.41) is 9.28. The van der Waals surface area contributed by atoms with E-state index in [9.17, 15) is 4.79 Å². The van der Waals surface area contributed by atoms with Crippen molar-refractivity contribution >= 4 is 35.8 Å². The first-order valence-electron chi connectivity index (χ1n) is 8.59. The van der Waals surface area contributed by atoms with Gasteiger partial charge in [-0.3, -0.25) is 4.79 Å². The van der Waals surface area contributed by atoms with Gasteiger partial charge in [-0.1, -0.05) is 6.07 Å².